The molecule has 0 fully saturated rings. The van der Waals surface area contributed by atoms with Crippen LogP contribution in [0.3, 0.4) is 0 Å². The van der Waals surface area contributed by atoms with Crippen LogP contribution in [0.2, 0.25) is 0 Å². The van der Waals surface area contributed by atoms with E-state index in [2.05, 4.69) is 205 Å². The quantitative estimate of drug-likeness (QED) is 0.161. The molecule has 0 radical (unpaired) electrons. The van der Waals surface area contributed by atoms with Gasteiger partial charge in [0.25, 0.3) is 0 Å². The van der Waals surface area contributed by atoms with Crippen LogP contribution >= 0.6 is 11.3 Å². The monoisotopic (exact) mass is 808 g/mol. The van der Waals surface area contributed by atoms with Crippen LogP contribution in [-0.4, -0.2) is 19.5 Å². The molecule has 12 rings (SSSR count). The molecule has 0 spiro atoms. The fourth-order valence-electron chi connectivity index (χ4n) is 8.87. The van der Waals surface area contributed by atoms with Crippen molar-refractivity contribution >= 4 is 53.3 Å². The van der Waals surface area contributed by atoms with Crippen molar-refractivity contribution in [2.24, 2.45) is 0 Å². The number of hydrogen-bond donors (Lipinski definition) is 0. The SMILES string of the molecule is c1ccc(-c2ccc(-c3nc(-c4ccccc4)nc(-c4ccc(-c5cccc6c5sc5ccccc56)cc4)n3)c(-n3c4ccccc4c4ccc(-c5ccccc5)cc43)c2)cc1. The zero-order valence-electron chi connectivity index (χ0n) is 33.5. The Morgan fingerprint density at radius 2 is 0.823 bits per heavy atom. The van der Waals surface area contributed by atoms with Gasteiger partial charge in [-0.1, -0.05) is 188 Å². The normalized spacial score (nSPS) is 11.5. The average molecular weight is 809 g/mol. The third-order valence-electron chi connectivity index (χ3n) is 11.9. The first-order valence-electron chi connectivity index (χ1n) is 20.8. The minimum atomic E-state index is 0.604. The van der Waals surface area contributed by atoms with Crippen LogP contribution in [0.4, 0.5) is 0 Å². The number of hydrogen-bond acceptors (Lipinski definition) is 4. The summed E-state index contributed by atoms with van der Waals surface area (Å²) in [5, 5.41) is 4.95. The van der Waals surface area contributed by atoms with Crippen molar-refractivity contribution in [2.75, 3.05) is 0 Å². The fraction of sp³-hybridized carbons (Fsp3) is 0. The maximum Gasteiger partial charge on any atom is 0.166 e. The van der Waals surface area contributed by atoms with E-state index in [0.717, 1.165) is 55.7 Å². The maximum atomic E-state index is 5.35. The van der Waals surface area contributed by atoms with Crippen molar-refractivity contribution in [1.29, 1.82) is 0 Å². The summed E-state index contributed by atoms with van der Waals surface area (Å²) in [6, 6.07) is 77.5. The van der Waals surface area contributed by atoms with E-state index in [4.69, 9.17) is 15.0 Å². The summed E-state index contributed by atoms with van der Waals surface area (Å²) < 4.78 is 4.99. The highest BCUT2D eigenvalue weighted by Crippen LogP contribution is 2.42. The van der Waals surface area contributed by atoms with Gasteiger partial charge in [0.15, 0.2) is 17.5 Å². The molecular weight excluding hydrogens is 773 g/mol. The van der Waals surface area contributed by atoms with E-state index in [1.54, 1.807) is 0 Å². The summed E-state index contributed by atoms with van der Waals surface area (Å²) >= 11 is 1.85. The molecule has 12 aromatic rings. The van der Waals surface area contributed by atoms with Gasteiger partial charge in [-0.2, -0.15) is 0 Å². The first-order valence-corrected chi connectivity index (χ1v) is 21.7. The first kappa shape index (κ1) is 35.9. The van der Waals surface area contributed by atoms with E-state index in [9.17, 15) is 0 Å². The third-order valence-corrected chi connectivity index (χ3v) is 13.1. The zero-order valence-corrected chi connectivity index (χ0v) is 34.3. The Balaban J connectivity index is 1.07. The van der Waals surface area contributed by atoms with E-state index in [1.165, 1.54) is 42.1 Å². The molecule has 0 saturated carbocycles. The highest BCUT2D eigenvalue weighted by Gasteiger charge is 2.21. The largest absolute Gasteiger partial charge is 0.308 e. The van der Waals surface area contributed by atoms with Crippen LogP contribution in [0.25, 0.3) is 115 Å². The Morgan fingerprint density at radius 1 is 0.306 bits per heavy atom. The number of aromatic nitrogens is 4. The Hall–Kier alpha value is -7.99. The van der Waals surface area contributed by atoms with Crippen molar-refractivity contribution in [3.8, 4) is 73.2 Å². The standard InChI is InChI=1S/C57H36N4S/c1-4-15-37(16-5-1)42-31-33-46-45-21-10-12-25-50(45)61(51(46)35-42)52-36-43(38-17-6-2-7-18-38)32-34-49(52)57-59-55(40-19-8-3-9-20-40)58-56(60-57)41-29-27-39(28-30-41)44-23-14-24-48-47-22-11-13-26-53(47)62-54(44)48/h1-36H. The third kappa shape index (κ3) is 6.18. The van der Waals surface area contributed by atoms with Crippen LogP contribution in [-0.2, 0) is 0 Å². The van der Waals surface area contributed by atoms with E-state index in [0.29, 0.717) is 17.5 Å². The predicted octanol–water partition coefficient (Wildman–Crippen LogP) is 15.3. The number of fused-ring (bicyclic) bond motifs is 6. The molecule has 9 aromatic carbocycles. The number of nitrogens with zero attached hydrogens (tertiary/aromatic N) is 4. The van der Waals surface area contributed by atoms with Crippen molar-refractivity contribution in [3.63, 3.8) is 0 Å². The van der Waals surface area contributed by atoms with E-state index >= 15 is 0 Å². The van der Waals surface area contributed by atoms with Gasteiger partial charge in [0, 0.05) is 47.6 Å². The molecule has 290 valence electrons. The van der Waals surface area contributed by atoms with Gasteiger partial charge < -0.3 is 4.57 Å². The molecule has 0 saturated heterocycles. The molecule has 0 aliphatic carbocycles. The van der Waals surface area contributed by atoms with Gasteiger partial charge in [0.05, 0.1) is 16.7 Å². The molecule has 5 heteroatoms. The van der Waals surface area contributed by atoms with Gasteiger partial charge in [-0.25, -0.2) is 15.0 Å². The van der Waals surface area contributed by atoms with Crippen LogP contribution < -0.4 is 0 Å². The summed E-state index contributed by atoms with van der Waals surface area (Å²) in [6.45, 7) is 0. The first-order chi connectivity index (χ1) is 30.7. The molecule has 3 heterocycles. The highest BCUT2D eigenvalue weighted by atomic mass is 32.1. The topological polar surface area (TPSA) is 43.6 Å². The van der Waals surface area contributed by atoms with Crippen molar-refractivity contribution in [1.82, 2.24) is 19.5 Å². The fourth-order valence-corrected chi connectivity index (χ4v) is 10.1. The molecule has 3 aromatic heterocycles. The summed E-state index contributed by atoms with van der Waals surface area (Å²) in [5.74, 6) is 1.84. The van der Waals surface area contributed by atoms with Gasteiger partial charge in [0.1, 0.15) is 0 Å². The van der Waals surface area contributed by atoms with Gasteiger partial charge >= 0.3 is 0 Å². The molecule has 0 bridgehead atoms. The van der Waals surface area contributed by atoms with E-state index in [1.807, 2.05) is 29.5 Å². The lowest BCUT2D eigenvalue weighted by Gasteiger charge is -2.17. The summed E-state index contributed by atoms with van der Waals surface area (Å²) in [5.41, 5.74) is 12.9. The molecule has 62 heavy (non-hydrogen) atoms. The van der Waals surface area contributed by atoms with Crippen LogP contribution in [0.5, 0.6) is 0 Å². The summed E-state index contributed by atoms with van der Waals surface area (Å²) in [7, 11) is 0. The Bertz CT molecular complexity index is 3610. The van der Waals surface area contributed by atoms with Crippen LogP contribution in [0, 0.1) is 0 Å². The van der Waals surface area contributed by atoms with Gasteiger partial charge in [0.2, 0.25) is 0 Å². The Morgan fingerprint density at radius 3 is 1.55 bits per heavy atom. The van der Waals surface area contributed by atoms with Crippen LogP contribution in [0.15, 0.2) is 218 Å². The zero-order chi connectivity index (χ0) is 41.0. The van der Waals surface area contributed by atoms with Crippen molar-refractivity contribution in [2.45, 2.75) is 0 Å². The predicted molar refractivity (Wildman–Crippen MR) is 260 cm³/mol. The molecule has 0 N–H and O–H groups in total. The molecule has 0 aliphatic heterocycles. The summed E-state index contributed by atoms with van der Waals surface area (Å²) in [4.78, 5) is 15.8. The summed E-state index contributed by atoms with van der Waals surface area (Å²) in [6.07, 6.45) is 0. The minimum absolute atomic E-state index is 0.604. The Labute approximate surface area is 362 Å². The van der Waals surface area contributed by atoms with Crippen molar-refractivity contribution < 1.29 is 0 Å². The smallest absolute Gasteiger partial charge is 0.166 e. The lowest BCUT2D eigenvalue weighted by molar-refractivity contribution is 1.06. The lowest BCUT2D eigenvalue weighted by atomic mass is 10.0. The molecule has 0 aliphatic rings. The molecule has 0 amide bonds. The van der Waals surface area contributed by atoms with E-state index < -0.39 is 0 Å². The van der Waals surface area contributed by atoms with Gasteiger partial charge in [-0.15, -0.1) is 11.3 Å². The average Bonchev–Trinajstić information content (AvgIpc) is 3.90. The second kappa shape index (κ2) is 14.9. The van der Waals surface area contributed by atoms with E-state index in [-0.39, 0.29) is 0 Å². The molecule has 0 unspecified atom stereocenters. The number of thiophene rings is 1. The molecular formula is C57H36N4S. The molecule has 0 atom stereocenters. The highest BCUT2D eigenvalue weighted by molar-refractivity contribution is 7.26. The van der Waals surface area contributed by atoms with Gasteiger partial charge in [-0.3, -0.25) is 0 Å². The van der Waals surface area contributed by atoms with Crippen molar-refractivity contribution in [3.05, 3.63) is 218 Å². The minimum Gasteiger partial charge on any atom is -0.308 e. The maximum absolute atomic E-state index is 5.35. The van der Waals surface area contributed by atoms with Gasteiger partial charge in [-0.05, 0) is 63.7 Å². The lowest BCUT2D eigenvalue weighted by Crippen LogP contribution is -2.04. The second-order valence-corrected chi connectivity index (χ2v) is 16.6. The number of rotatable bonds is 7. The number of benzene rings is 9. The Kier molecular flexibility index (Phi) is 8.65. The number of para-hydroxylation sites is 1. The molecule has 4 nitrogen and oxygen atoms in total. The van der Waals surface area contributed by atoms with Crippen LogP contribution in [0.1, 0.15) is 0 Å². The second-order valence-electron chi connectivity index (χ2n) is 15.6.